The molecule has 2 aromatic rings. The molecule has 0 spiro atoms. The number of carbonyl (C=O) groups is 4. The molecule has 8 heteroatoms. The highest BCUT2D eigenvalue weighted by molar-refractivity contribution is 6.21. The van der Waals surface area contributed by atoms with E-state index in [4.69, 9.17) is 4.74 Å². The number of hydrogen-bond donors (Lipinski definition) is 2. The van der Waals surface area contributed by atoms with Crippen LogP contribution in [0.25, 0.3) is 0 Å². The molecule has 0 unspecified atom stereocenters. The Morgan fingerprint density at radius 3 is 2.23 bits per heavy atom. The first kappa shape index (κ1) is 24.4. The molecule has 0 aromatic heterocycles. The molecule has 1 aliphatic heterocycles. The van der Waals surface area contributed by atoms with Crippen LogP contribution in [0.1, 0.15) is 82.6 Å². The van der Waals surface area contributed by atoms with Crippen molar-refractivity contribution in [3.63, 3.8) is 0 Å². The molecule has 184 valence electrons. The Morgan fingerprint density at radius 2 is 1.63 bits per heavy atom. The van der Waals surface area contributed by atoms with Gasteiger partial charge in [-0.05, 0) is 56.5 Å². The van der Waals surface area contributed by atoms with Gasteiger partial charge < -0.3 is 15.4 Å². The largest absolute Gasteiger partial charge is 0.493 e. The average molecular weight is 478 g/mol. The predicted octanol–water partition coefficient (Wildman–Crippen LogP) is 3.45. The second-order valence-electron chi connectivity index (χ2n) is 8.96. The van der Waals surface area contributed by atoms with E-state index in [-0.39, 0.29) is 29.8 Å². The van der Waals surface area contributed by atoms with Crippen molar-refractivity contribution < 1.29 is 23.9 Å². The van der Waals surface area contributed by atoms with Gasteiger partial charge in [0, 0.05) is 6.54 Å². The summed E-state index contributed by atoms with van der Waals surface area (Å²) in [5.41, 5.74) is 0.678. The minimum Gasteiger partial charge on any atom is -0.493 e. The fraction of sp³-hybridized carbons (Fsp3) is 0.407. The summed E-state index contributed by atoms with van der Waals surface area (Å²) in [5.74, 6) is -0.914. The summed E-state index contributed by atoms with van der Waals surface area (Å²) in [7, 11) is 0. The fourth-order valence-electron chi connectivity index (χ4n) is 4.88. The molecule has 0 bridgehead atoms. The number of amides is 4. The summed E-state index contributed by atoms with van der Waals surface area (Å²) < 4.78 is 5.70. The minimum atomic E-state index is -0.965. The Morgan fingerprint density at radius 1 is 0.971 bits per heavy atom. The summed E-state index contributed by atoms with van der Waals surface area (Å²) >= 11 is 0. The van der Waals surface area contributed by atoms with Gasteiger partial charge in [-0.2, -0.15) is 0 Å². The van der Waals surface area contributed by atoms with Crippen LogP contribution in [-0.2, 0) is 11.3 Å². The first-order chi connectivity index (χ1) is 16.9. The third-order valence-electron chi connectivity index (χ3n) is 6.64. The summed E-state index contributed by atoms with van der Waals surface area (Å²) in [6.45, 7) is 4.55. The molecule has 1 heterocycles. The highest BCUT2D eigenvalue weighted by atomic mass is 16.5. The topological polar surface area (TPSA) is 105 Å². The van der Waals surface area contributed by atoms with Crippen LogP contribution in [0.4, 0.5) is 0 Å². The Labute approximate surface area is 205 Å². The summed E-state index contributed by atoms with van der Waals surface area (Å²) in [6.07, 6.45) is 3.88. The summed E-state index contributed by atoms with van der Waals surface area (Å²) in [6, 6.07) is 11.8. The Balaban J connectivity index is 1.61. The van der Waals surface area contributed by atoms with Gasteiger partial charge in [0.15, 0.2) is 0 Å². The molecule has 1 saturated carbocycles. The van der Waals surface area contributed by atoms with E-state index < -0.39 is 11.4 Å². The number of fused-ring (bicyclic) bond motifs is 1. The molecule has 4 amide bonds. The lowest BCUT2D eigenvalue weighted by atomic mass is 9.80. The van der Waals surface area contributed by atoms with Crippen LogP contribution < -0.4 is 15.4 Å². The van der Waals surface area contributed by atoms with Gasteiger partial charge >= 0.3 is 0 Å². The molecule has 35 heavy (non-hydrogen) atoms. The Kier molecular flexibility index (Phi) is 7.19. The van der Waals surface area contributed by atoms with Crippen LogP contribution in [0, 0.1) is 0 Å². The van der Waals surface area contributed by atoms with E-state index in [1.165, 1.54) is 4.90 Å². The van der Waals surface area contributed by atoms with E-state index >= 15 is 0 Å². The molecular formula is C27H31N3O5. The third kappa shape index (κ3) is 4.78. The van der Waals surface area contributed by atoms with Crippen molar-refractivity contribution in [2.24, 2.45) is 0 Å². The number of ether oxygens (including phenoxy) is 1. The van der Waals surface area contributed by atoms with Crippen LogP contribution in [0.15, 0.2) is 42.5 Å². The van der Waals surface area contributed by atoms with Crippen molar-refractivity contribution in [3.05, 3.63) is 64.7 Å². The second-order valence-corrected chi connectivity index (χ2v) is 8.96. The summed E-state index contributed by atoms with van der Waals surface area (Å²) in [4.78, 5) is 53.2. The van der Waals surface area contributed by atoms with Crippen molar-refractivity contribution in [3.8, 4) is 5.75 Å². The minimum absolute atomic E-state index is 0.0283. The number of nitrogens with one attached hydrogen (secondary N) is 2. The van der Waals surface area contributed by atoms with Gasteiger partial charge in [0.1, 0.15) is 11.3 Å². The molecule has 0 atom stereocenters. The number of carbonyl (C=O) groups excluding carboxylic acids is 4. The number of rotatable bonds is 8. The van der Waals surface area contributed by atoms with Gasteiger partial charge in [0.2, 0.25) is 5.91 Å². The molecule has 2 aromatic carbocycles. The zero-order chi connectivity index (χ0) is 25.0. The van der Waals surface area contributed by atoms with Crippen molar-refractivity contribution in [1.29, 1.82) is 0 Å². The zero-order valence-corrected chi connectivity index (χ0v) is 20.2. The van der Waals surface area contributed by atoms with Crippen molar-refractivity contribution in [1.82, 2.24) is 15.5 Å². The molecule has 1 fully saturated rings. The average Bonchev–Trinajstić information content (AvgIpc) is 3.10. The van der Waals surface area contributed by atoms with Crippen molar-refractivity contribution >= 4 is 23.6 Å². The molecular weight excluding hydrogens is 446 g/mol. The number of hydrogen-bond acceptors (Lipinski definition) is 5. The van der Waals surface area contributed by atoms with Gasteiger partial charge in [-0.25, -0.2) is 0 Å². The highest BCUT2D eigenvalue weighted by Crippen LogP contribution is 2.31. The molecule has 1 aliphatic carbocycles. The standard InChI is InChI=1S/C27H31N3O5/c1-3-28-26(34)27(14-8-5-9-15-27)29-23(31)21-16-18(12-13-22(21)35-4-2)17-30-24(32)19-10-6-7-11-20(19)25(30)33/h6-7,10-13,16H,3-5,8-9,14-15,17H2,1-2H3,(H,28,34)(H,29,31). The molecule has 2 aliphatic rings. The maximum atomic E-state index is 13.5. The fourth-order valence-corrected chi connectivity index (χ4v) is 4.88. The second kappa shape index (κ2) is 10.3. The number of benzene rings is 2. The first-order valence-electron chi connectivity index (χ1n) is 12.2. The monoisotopic (exact) mass is 477 g/mol. The lowest BCUT2D eigenvalue weighted by molar-refractivity contribution is -0.128. The number of likely N-dealkylation sites (N-methyl/N-ethyl adjacent to an activating group) is 1. The van der Waals surface area contributed by atoms with Gasteiger partial charge in [-0.1, -0.05) is 37.5 Å². The predicted molar refractivity (Wildman–Crippen MR) is 130 cm³/mol. The van der Waals surface area contributed by atoms with E-state index in [9.17, 15) is 19.2 Å². The van der Waals surface area contributed by atoms with E-state index in [2.05, 4.69) is 10.6 Å². The number of nitrogens with zero attached hydrogens (tertiary/aromatic N) is 1. The molecule has 0 radical (unpaired) electrons. The van der Waals surface area contributed by atoms with Crippen molar-refractivity contribution in [2.45, 2.75) is 58.0 Å². The van der Waals surface area contributed by atoms with Crippen LogP contribution in [-0.4, -0.2) is 47.2 Å². The van der Waals surface area contributed by atoms with Crippen LogP contribution in [0.5, 0.6) is 5.75 Å². The third-order valence-corrected chi connectivity index (χ3v) is 6.64. The lowest BCUT2D eigenvalue weighted by Gasteiger charge is -2.36. The van der Waals surface area contributed by atoms with E-state index in [0.717, 1.165) is 19.3 Å². The maximum absolute atomic E-state index is 13.5. The summed E-state index contributed by atoms with van der Waals surface area (Å²) in [5, 5.41) is 5.87. The zero-order valence-electron chi connectivity index (χ0n) is 20.2. The van der Waals surface area contributed by atoms with Gasteiger partial charge in [-0.3, -0.25) is 24.1 Å². The van der Waals surface area contributed by atoms with Gasteiger partial charge in [-0.15, -0.1) is 0 Å². The van der Waals surface area contributed by atoms with Crippen molar-refractivity contribution in [2.75, 3.05) is 13.2 Å². The quantitative estimate of drug-likeness (QED) is 0.567. The van der Waals surface area contributed by atoms with Gasteiger partial charge in [0.05, 0.1) is 29.8 Å². The SMILES string of the molecule is CCNC(=O)C1(NC(=O)c2cc(CN3C(=O)c4ccccc4C3=O)ccc2OCC)CCCCC1. The molecule has 8 nitrogen and oxygen atoms in total. The molecule has 2 N–H and O–H groups in total. The van der Waals surface area contributed by atoms with Gasteiger partial charge in [0.25, 0.3) is 17.7 Å². The van der Waals surface area contributed by atoms with E-state index in [0.29, 0.717) is 48.4 Å². The smallest absolute Gasteiger partial charge is 0.261 e. The molecule has 4 rings (SSSR count). The van der Waals surface area contributed by atoms with E-state index in [1.54, 1.807) is 42.5 Å². The van der Waals surface area contributed by atoms with Crippen LogP contribution in [0.2, 0.25) is 0 Å². The number of imide groups is 1. The Bertz CT molecular complexity index is 1120. The maximum Gasteiger partial charge on any atom is 0.261 e. The molecule has 0 saturated heterocycles. The normalized spacial score (nSPS) is 16.6. The first-order valence-corrected chi connectivity index (χ1v) is 12.2. The van der Waals surface area contributed by atoms with E-state index in [1.807, 2.05) is 13.8 Å². The van der Waals surface area contributed by atoms with Crippen LogP contribution in [0.3, 0.4) is 0 Å². The highest BCUT2D eigenvalue weighted by Gasteiger charge is 2.41. The lowest BCUT2D eigenvalue weighted by Crippen LogP contribution is -2.59. The van der Waals surface area contributed by atoms with Crippen LogP contribution >= 0.6 is 0 Å². The Hall–Kier alpha value is -3.68.